The number of benzene rings is 2. The molecule has 238 valence electrons. The van der Waals surface area contributed by atoms with Crippen LogP contribution < -0.4 is 9.80 Å². The Morgan fingerprint density at radius 1 is 0.477 bits per heavy atom. The van der Waals surface area contributed by atoms with E-state index >= 15 is 0 Å². The highest BCUT2D eigenvalue weighted by Gasteiger charge is 2.20. The maximum atomic E-state index is 4.73. The molecule has 4 nitrogen and oxygen atoms in total. The Hall–Kier alpha value is -3.40. The number of hydrogen-bond acceptors (Lipinski definition) is 4. The summed E-state index contributed by atoms with van der Waals surface area (Å²) in [6.07, 6.45) is 12.3. The molecule has 1 aromatic heterocycles. The van der Waals surface area contributed by atoms with Crippen LogP contribution >= 0.6 is 0 Å². The van der Waals surface area contributed by atoms with E-state index < -0.39 is 0 Å². The number of anilines is 2. The maximum Gasteiger partial charge on any atom is 0.0813 e. The predicted octanol–water partition coefficient (Wildman–Crippen LogP) is 11.0. The quantitative estimate of drug-likeness (QED) is 0.186. The van der Waals surface area contributed by atoms with Crippen LogP contribution in [0.25, 0.3) is 24.3 Å². The van der Waals surface area contributed by atoms with Gasteiger partial charge in [-0.25, -0.2) is 0 Å². The van der Waals surface area contributed by atoms with E-state index in [0.717, 1.165) is 37.6 Å². The Kier molecular flexibility index (Phi) is 12.8. The molecule has 0 saturated heterocycles. The molecule has 0 unspecified atom stereocenters. The van der Waals surface area contributed by atoms with Gasteiger partial charge in [0.05, 0.1) is 23.8 Å². The SMILES string of the molecule is CCN(CC)c1c(C(C)C)cc(/C=C/c2cnc(/C=C/c3cc(C(C)C)c(N(CC)CC)c(C(C)C)c3)cn2)cc1C(C)C. The Balaban J connectivity index is 1.90. The average Bonchev–Trinajstić information content (AvgIpc) is 3.00. The fourth-order valence-electron chi connectivity index (χ4n) is 6.05. The zero-order valence-electron chi connectivity index (χ0n) is 29.7. The minimum Gasteiger partial charge on any atom is -0.372 e. The summed E-state index contributed by atoms with van der Waals surface area (Å²) in [7, 11) is 0. The minimum atomic E-state index is 0.448. The van der Waals surface area contributed by atoms with Crippen molar-refractivity contribution in [1.29, 1.82) is 0 Å². The van der Waals surface area contributed by atoms with Crippen LogP contribution in [0.1, 0.15) is 152 Å². The molecule has 4 heteroatoms. The number of nitrogens with zero attached hydrogens (tertiary/aromatic N) is 4. The van der Waals surface area contributed by atoms with Gasteiger partial charge in [-0.3, -0.25) is 9.97 Å². The lowest BCUT2D eigenvalue weighted by atomic mass is 9.89. The van der Waals surface area contributed by atoms with Crippen LogP contribution in [-0.4, -0.2) is 36.1 Å². The van der Waals surface area contributed by atoms with Crippen LogP contribution in [0, 0.1) is 0 Å². The fraction of sp³-hybridized carbons (Fsp3) is 0.500. The summed E-state index contributed by atoms with van der Waals surface area (Å²) in [5.74, 6) is 1.79. The summed E-state index contributed by atoms with van der Waals surface area (Å²) in [6, 6.07) is 9.42. The van der Waals surface area contributed by atoms with Gasteiger partial charge in [-0.2, -0.15) is 0 Å². The first kappa shape index (κ1) is 35.1. The van der Waals surface area contributed by atoms with Gasteiger partial charge in [0.25, 0.3) is 0 Å². The molecular formula is C40H58N4. The predicted molar refractivity (Wildman–Crippen MR) is 196 cm³/mol. The lowest BCUT2D eigenvalue weighted by Crippen LogP contribution is -2.25. The fourth-order valence-corrected chi connectivity index (χ4v) is 6.05. The molecular weight excluding hydrogens is 536 g/mol. The number of hydrogen-bond donors (Lipinski definition) is 0. The van der Waals surface area contributed by atoms with Crippen molar-refractivity contribution < 1.29 is 0 Å². The van der Waals surface area contributed by atoms with Crippen LogP contribution in [0.2, 0.25) is 0 Å². The Bertz CT molecular complexity index is 1240. The number of aromatic nitrogens is 2. The van der Waals surface area contributed by atoms with Crippen molar-refractivity contribution in [3.63, 3.8) is 0 Å². The molecule has 2 aromatic carbocycles. The van der Waals surface area contributed by atoms with Crippen LogP contribution in [-0.2, 0) is 0 Å². The molecule has 0 N–H and O–H groups in total. The summed E-state index contributed by atoms with van der Waals surface area (Å²) < 4.78 is 0. The molecule has 44 heavy (non-hydrogen) atoms. The van der Waals surface area contributed by atoms with Gasteiger partial charge < -0.3 is 9.80 Å². The molecule has 3 aromatic rings. The van der Waals surface area contributed by atoms with Gasteiger partial charge in [0, 0.05) is 37.6 Å². The van der Waals surface area contributed by atoms with Crippen LogP contribution in [0.15, 0.2) is 36.7 Å². The first-order valence-corrected chi connectivity index (χ1v) is 17.0. The van der Waals surface area contributed by atoms with E-state index in [1.807, 2.05) is 12.4 Å². The standard InChI is InChI=1S/C40H58N4/c1-13-43(14-2)39-35(27(5)6)21-31(22-36(39)28(7)8)17-19-33-25-42-34(26-41-33)20-18-32-23-37(29(9)10)40(44(15-3)16-4)38(24-32)30(11)12/h17-30H,13-16H2,1-12H3/b19-17+,20-18+. The van der Waals surface area contributed by atoms with Crippen molar-refractivity contribution in [1.82, 2.24) is 9.97 Å². The van der Waals surface area contributed by atoms with Crippen LogP contribution in [0.3, 0.4) is 0 Å². The molecule has 0 bridgehead atoms. The van der Waals surface area contributed by atoms with E-state index in [0.29, 0.717) is 23.7 Å². The van der Waals surface area contributed by atoms with Gasteiger partial charge >= 0.3 is 0 Å². The first-order valence-electron chi connectivity index (χ1n) is 17.0. The van der Waals surface area contributed by atoms with Crippen molar-refractivity contribution >= 4 is 35.7 Å². The van der Waals surface area contributed by atoms with E-state index in [-0.39, 0.29) is 0 Å². The van der Waals surface area contributed by atoms with E-state index in [2.05, 4.69) is 141 Å². The molecule has 0 atom stereocenters. The Morgan fingerprint density at radius 3 is 0.955 bits per heavy atom. The molecule has 0 aliphatic carbocycles. The second-order valence-electron chi connectivity index (χ2n) is 13.1. The first-order chi connectivity index (χ1) is 20.9. The second-order valence-corrected chi connectivity index (χ2v) is 13.1. The molecule has 0 fully saturated rings. The van der Waals surface area contributed by atoms with E-state index in [4.69, 9.17) is 9.97 Å². The summed E-state index contributed by atoms with van der Waals surface area (Å²) in [5.41, 5.74) is 12.6. The lowest BCUT2D eigenvalue weighted by molar-refractivity contribution is 0.783. The van der Waals surface area contributed by atoms with E-state index in [1.165, 1.54) is 44.8 Å². The largest absolute Gasteiger partial charge is 0.372 e. The summed E-state index contributed by atoms with van der Waals surface area (Å²) in [6.45, 7) is 31.4. The third-order valence-corrected chi connectivity index (χ3v) is 8.61. The normalized spacial score (nSPS) is 12.2. The second kappa shape index (κ2) is 16.1. The van der Waals surface area contributed by atoms with Gasteiger partial charge in [0.1, 0.15) is 0 Å². The molecule has 0 aliphatic rings. The van der Waals surface area contributed by atoms with Gasteiger partial charge in [0.15, 0.2) is 0 Å². The van der Waals surface area contributed by atoms with Crippen molar-refractivity contribution in [2.24, 2.45) is 0 Å². The lowest BCUT2D eigenvalue weighted by Gasteiger charge is -2.30. The van der Waals surface area contributed by atoms with Crippen LogP contribution in [0.4, 0.5) is 11.4 Å². The molecule has 0 amide bonds. The molecule has 0 saturated carbocycles. The summed E-state index contributed by atoms with van der Waals surface area (Å²) >= 11 is 0. The molecule has 0 aliphatic heterocycles. The molecule has 0 spiro atoms. The summed E-state index contributed by atoms with van der Waals surface area (Å²) in [4.78, 5) is 14.5. The summed E-state index contributed by atoms with van der Waals surface area (Å²) in [5, 5.41) is 0. The smallest absolute Gasteiger partial charge is 0.0813 e. The third kappa shape index (κ3) is 8.40. The van der Waals surface area contributed by atoms with Gasteiger partial charge in [-0.1, -0.05) is 67.5 Å². The van der Waals surface area contributed by atoms with Crippen molar-refractivity contribution in [3.05, 3.63) is 81.4 Å². The number of rotatable bonds is 14. The van der Waals surface area contributed by atoms with Crippen LogP contribution in [0.5, 0.6) is 0 Å². The molecule has 3 rings (SSSR count). The van der Waals surface area contributed by atoms with Gasteiger partial charge in [-0.15, -0.1) is 0 Å². The highest BCUT2D eigenvalue weighted by Crippen LogP contribution is 2.38. The third-order valence-electron chi connectivity index (χ3n) is 8.61. The van der Waals surface area contributed by atoms with E-state index in [1.54, 1.807) is 0 Å². The van der Waals surface area contributed by atoms with Crippen molar-refractivity contribution in [2.75, 3.05) is 36.0 Å². The topological polar surface area (TPSA) is 32.3 Å². The zero-order valence-corrected chi connectivity index (χ0v) is 29.7. The highest BCUT2D eigenvalue weighted by atomic mass is 15.1. The Morgan fingerprint density at radius 2 is 0.750 bits per heavy atom. The monoisotopic (exact) mass is 594 g/mol. The average molecular weight is 595 g/mol. The van der Waals surface area contributed by atoms with Crippen molar-refractivity contribution in [2.45, 2.75) is 107 Å². The Labute approximate surface area is 269 Å². The minimum absolute atomic E-state index is 0.448. The van der Waals surface area contributed by atoms with Gasteiger partial charge in [-0.05, 0) is 121 Å². The van der Waals surface area contributed by atoms with E-state index in [9.17, 15) is 0 Å². The zero-order chi connectivity index (χ0) is 32.6. The highest BCUT2D eigenvalue weighted by molar-refractivity contribution is 5.75. The molecule has 0 radical (unpaired) electrons. The van der Waals surface area contributed by atoms with Crippen molar-refractivity contribution in [3.8, 4) is 0 Å². The van der Waals surface area contributed by atoms with Gasteiger partial charge in [0.2, 0.25) is 0 Å². The molecule has 1 heterocycles. The maximum absolute atomic E-state index is 4.73.